The molecular formula is C12H15NO5. The van der Waals surface area contributed by atoms with Gasteiger partial charge < -0.3 is 20.3 Å². The molecule has 1 atom stereocenters. The van der Waals surface area contributed by atoms with Crippen LogP contribution in [-0.2, 0) is 9.53 Å². The molecule has 0 spiro atoms. The maximum absolute atomic E-state index is 11.4. The Morgan fingerprint density at radius 3 is 2.67 bits per heavy atom. The van der Waals surface area contributed by atoms with Crippen molar-refractivity contribution in [3.05, 3.63) is 23.8 Å². The number of hydrogen-bond acceptors (Lipinski definition) is 5. The number of para-hydroxylation sites is 1. The van der Waals surface area contributed by atoms with Gasteiger partial charge in [-0.2, -0.15) is 0 Å². The van der Waals surface area contributed by atoms with E-state index in [1.807, 2.05) is 0 Å². The fraction of sp³-hybridized carbons (Fsp3) is 0.333. The van der Waals surface area contributed by atoms with Gasteiger partial charge >= 0.3 is 11.9 Å². The van der Waals surface area contributed by atoms with Crippen molar-refractivity contribution in [2.45, 2.75) is 20.0 Å². The van der Waals surface area contributed by atoms with Gasteiger partial charge in [0, 0.05) is 0 Å². The topological polar surface area (TPSA) is 98.9 Å². The highest BCUT2D eigenvalue weighted by Crippen LogP contribution is 2.27. The van der Waals surface area contributed by atoms with Gasteiger partial charge in [-0.15, -0.1) is 0 Å². The molecule has 0 aliphatic rings. The van der Waals surface area contributed by atoms with E-state index in [2.05, 4.69) is 0 Å². The first-order valence-corrected chi connectivity index (χ1v) is 5.42. The zero-order valence-electron chi connectivity index (χ0n) is 10.2. The molecule has 6 heteroatoms. The van der Waals surface area contributed by atoms with E-state index < -0.39 is 18.0 Å². The van der Waals surface area contributed by atoms with Crippen LogP contribution in [0.15, 0.2) is 18.2 Å². The molecule has 0 heterocycles. The summed E-state index contributed by atoms with van der Waals surface area (Å²) in [5.74, 6) is -1.77. The third kappa shape index (κ3) is 3.13. The van der Waals surface area contributed by atoms with E-state index in [4.69, 9.17) is 20.3 Å². The molecule has 0 aliphatic carbocycles. The fourth-order valence-electron chi connectivity index (χ4n) is 1.34. The first-order valence-electron chi connectivity index (χ1n) is 5.42. The molecule has 1 unspecified atom stereocenters. The summed E-state index contributed by atoms with van der Waals surface area (Å²) >= 11 is 0. The Balaban J connectivity index is 2.96. The van der Waals surface area contributed by atoms with Crippen molar-refractivity contribution < 1.29 is 24.2 Å². The summed E-state index contributed by atoms with van der Waals surface area (Å²) in [6.07, 6.45) is -0.923. The van der Waals surface area contributed by atoms with Gasteiger partial charge in [0.2, 0.25) is 0 Å². The second-order valence-corrected chi connectivity index (χ2v) is 3.54. The van der Waals surface area contributed by atoms with Crippen molar-refractivity contribution in [3.8, 4) is 5.75 Å². The third-order valence-electron chi connectivity index (χ3n) is 2.19. The van der Waals surface area contributed by atoms with Crippen LogP contribution in [0.3, 0.4) is 0 Å². The number of nitrogens with two attached hydrogens (primary N) is 1. The van der Waals surface area contributed by atoms with E-state index in [9.17, 15) is 9.59 Å². The molecule has 6 nitrogen and oxygen atoms in total. The van der Waals surface area contributed by atoms with E-state index in [1.54, 1.807) is 6.92 Å². The van der Waals surface area contributed by atoms with Crippen LogP contribution in [0.25, 0.3) is 0 Å². The number of carboxylic acid groups (broad SMARTS) is 1. The zero-order chi connectivity index (χ0) is 13.7. The molecule has 0 fully saturated rings. The van der Waals surface area contributed by atoms with Crippen molar-refractivity contribution in [1.82, 2.24) is 0 Å². The summed E-state index contributed by atoms with van der Waals surface area (Å²) in [4.78, 5) is 22.4. The van der Waals surface area contributed by atoms with Gasteiger partial charge in [-0.1, -0.05) is 6.07 Å². The number of rotatable bonds is 5. The summed E-state index contributed by atoms with van der Waals surface area (Å²) in [7, 11) is 0. The number of ether oxygens (including phenoxy) is 2. The Bertz CT molecular complexity index is 458. The molecular weight excluding hydrogens is 238 g/mol. The average Bonchev–Trinajstić information content (AvgIpc) is 2.31. The van der Waals surface area contributed by atoms with Crippen LogP contribution in [0.2, 0.25) is 0 Å². The van der Waals surface area contributed by atoms with Crippen molar-refractivity contribution in [2.24, 2.45) is 0 Å². The lowest BCUT2D eigenvalue weighted by Gasteiger charge is -2.16. The molecule has 0 saturated carbocycles. The second-order valence-electron chi connectivity index (χ2n) is 3.54. The SMILES string of the molecule is CCOC(=O)C(C)Oc1c(N)cccc1C(=O)O. The normalized spacial score (nSPS) is 11.7. The van der Waals surface area contributed by atoms with Crippen molar-refractivity contribution in [3.63, 3.8) is 0 Å². The maximum atomic E-state index is 11.4. The molecule has 0 radical (unpaired) electrons. The lowest BCUT2D eigenvalue weighted by atomic mass is 10.1. The van der Waals surface area contributed by atoms with Crippen LogP contribution in [0, 0.1) is 0 Å². The predicted octanol–water partition coefficient (Wildman–Crippen LogP) is 1.30. The summed E-state index contributed by atoms with van der Waals surface area (Å²) in [5.41, 5.74) is 5.71. The van der Waals surface area contributed by atoms with Crippen LogP contribution in [0.5, 0.6) is 5.75 Å². The number of carbonyl (C=O) groups is 2. The average molecular weight is 253 g/mol. The minimum absolute atomic E-state index is 0.0226. The van der Waals surface area contributed by atoms with Crippen LogP contribution >= 0.6 is 0 Å². The Morgan fingerprint density at radius 1 is 1.44 bits per heavy atom. The minimum atomic E-state index is -1.17. The summed E-state index contributed by atoms with van der Waals surface area (Å²) in [5, 5.41) is 8.99. The zero-order valence-corrected chi connectivity index (χ0v) is 10.2. The number of hydrogen-bond donors (Lipinski definition) is 2. The van der Waals surface area contributed by atoms with E-state index in [0.717, 1.165) is 0 Å². The van der Waals surface area contributed by atoms with E-state index in [0.29, 0.717) is 0 Å². The van der Waals surface area contributed by atoms with E-state index in [-0.39, 0.29) is 23.6 Å². The number of nitrogen functional groups attached to an aromatic ring is 1. The predicted molar refractivity (Wildman–Crippen MR) is 64.5 cm³/mol. The number of carboxylic acids is 1. The summed E-state index contributed by atoms with van der Waals surface area (Å²) in [6, 6.07) is 4.35. The largest absolute Gasteiger partial charge is 0.478 e. The van der Waals surface area contributed by atoms with E-state index >= 15 is 0 Å². The number of aromatic carboxylic acids is 1. The standard InChI is InChI=1S/C12H15NO5/c1-3-17-12(16)7(2)18-10-8(11(14)15)5-4-6-9(10)13/h4-7H,3,13H2,1-2H3,(H,14,15). The molecule has 18 heavy (non-hydrogen) atoms. The molecule has 0 saturated heterocycles. The lowest BCUT2D eigenvalue weighted by Crippen LogP contribution is -2.27. The fourth-order valence-corrected chi connectivity index (χ4v) is 1.34. The molecule has 1 aromatic rings. The monoisotopic (exact) mass is 253 g/mol. The van der Waals surface area contributed by atoms with E-state index in [1.165, 1.54) is 25.1 Å². The molecule has 0 bridgehead atoms. The van der Waals surface area contributed by atoms with Gasteiger partial charge in [0.1, 0.15) is 5.56 Å². The van der Waals surface area contributed by atoms with Gasteiger partial charge in [0.15, 0.2) is 11.9 Å². The first kappa shape index (κ1) is 13.8. The maximum Gasteiger partial charge on any atom is 0.347 e. The van der Waals surface area contributed by atoms with Crippen LogP contribution in [0.1, 0.15) is 24.2 Å². The second kappa shape index (κ2) is 5.90. The Hall–Kier alpha value is -2.24. The molecule has 0 aliphatic heterocycles. The number of esters is 1. The Kier molecular flexibility index (Phi) is 4.53. The molecule has 98 valence electrons. The van der Waals surface area contributed by atoms with Gasteiger partial charge in [-0.25, -0.2) is 9.59 Å². The molecule has 1 aromatic carbocycles. The van der Waals surface area contributed by atoms with Gasteiger partial charge in [-0.05, 0) is 26.0 Å². The van der Waals surface area contributed by atoms with Gasteiger partial charge in [0.25, 0.3) is 0 Å². The van der Waals surface area contributed by atoms with Crippen molar-refractivity contribution >= 4 is 17.6 Å². The van der Waals surface area contributed by atoms with Crippen molar-refractivity contribution in [1.29, 1.82) is 0 Å². The van der Waals surface area contributed by atoms with Crippen LogP contribution < -0.4 is 10.5 Å². The highest BCUT2D eigenvalue weighted by atomic mass is 16.6. The Morgan fingerprint density at radius 2 is 2.11 bits per heavy atom. The molecule has 1 rings (SSSR count). The quantitative estimate of drug-likeness (QED) is 0.606. The smallest absolute Gasteiger partial charge is 0.347 e. The molecule has 0 amide bonds. The highest BCUT2D eigenvalue weighted by molar-refractivity contribution is 5.93. The number of carbonyl (C=O) groups excluding carboxylic acids is 1. The third-order valence-corrected chi connectivity index (χ3v) is 2.19. The number of anilines is 1. The Labute approximate surface area is 104 Å². The molecule has 0 aromatic heterocycles. The van der Waals surface area contributed by atoms with Crippen LogP contribution in [0.4, 0.5) is 5.69 Å². The summed E-state index contributed by atoms with van der Waals surface area (Å²) in [6.45, 7) is 3.36. The first-order chi connectivity index (χ1) is 8.47. The lowest BCUT2D eigenvalue weighted by molar-refractivity contribution is -0.150. The van der Waals surface area contributed by atoms with Crippen molar-refractivity contribution in [2.75, 3.05) is 12.3 Å². The van der Waals surface area contributed by atoms with Gasteiger partial charge in [-0.3, -0.25) is 0 Å². The highest BCUT2D eigenvalue weighted by Gasteiger charge is 2.21. The van der Waals surface area contributed by atoms with Gasteiger partial charge in [0.05, 0.1) is 12.3 Å². The minimum Gasteiger partial charge on any atom is -0.478 e. The summed E-state index contributed by atoms with van der Waals surface area (Å²) < 4.78 is 10.0. The molecule has 3 N–H and O–H groups in total. The number of benzene rings is 1. The van der Waals surface area contributed by atoms with Crippen LogP contribution in [-0.4, -0.2) is 29.8 Å².